The largest absolute Gasteiger partial charge is 0.473 e. The normalized spacial score (nSPS) is 13.2. The molecular formula is C25H21NO3. The number of hydrogen-bond acceptors (Lipinski definition) is 4. The molecule has 0 spiro atoms. The molecule has 0 N–H and O–H groups in total. The molecule has 0 unspecified atom stereocenters. The molecule has 0 radical (unpaired) electrons. The average Bonchev–Trinajstić information content (AvgIpc) is 2.75. The summed E-state index contributed by atoms with van der Waals surface area (Å²) in [6.07, 6.45) is 0. The average molecular weight is 383 g/mol. The lowest BCUT2D eigenvalue weighted by molar-refractivity contribution is 0.289. The van der Waals surface area contributed by atoms with Crippen LogP contribution >= 0.6 is 0 Å². The number of anilines is 1. The summed E-state index contributed by atoms with van der Waals surface area (Å²) in [5.74, 6) is 0.769. The minimum absolute atomic E-state index is 0.354. The Morgan fingerprint density at radius 3 is 2.52 bits per heavy atom. The monoisotopic (exact) mass is 383 g/mol. The SMILES string of the molecule is Cc1ccc(N2COc3ccc4c(-c5ccccc5)cc(=O)oc4c3C2)cc1C. The van der Waals surface area contributed by atoms with Gasteiger partial charge in [-0.1, -0.05) is 36.4 Å². The second-order valence-electron chi connectivity index (χ2n) is 7.50. The van der Waals surface area contributed by atoms with Gasteiger partial charge in [-0.25, -0.2) is 4.79 Å². The Morgan fingerprint density at radius 1 is 0.897 bits per heavy atom. The summed E-state index contributed by atoms with van der Waals surface area (Å²) in [5, 5.41) is 0.917. The van der Waals surface area contributed by atoms with E-state index in [4.69, 9.17) is 9.15 Å². The lowest BCUT2D eigenvalue weighted by atomic mass is 9.99. The van der Waals surface area contributed by atoms with Crippen LogP contribution in [0.5, 0.6) is 5.75 Å². The van der Waals surface area contributed by atoms with Crippen LogP contribution in [0.3, 0.4) is 0 Å². The summed E-state index contributed by atoms with van der Waals surface area (Å²) in [5.41, 5.74) is 6.62. The van der Waals surface area contributed by atoms with Gasteiger partial charge in [-0.15, -0.1) is 0 Å². The van der Waals surface area contributed by atoms with E-state index < -0.39 is 0 Å². The van der Waals surface area contributed by atoms with Crippen LogP contribution < -0.4 is 15.3 Å². The van der Waals surface area contributed by atoms with Crippen LogP contribution in [0, 0.1) is 13.8 Å². The topological polar surface area (TPSA) is 42.7 Å². The van der Waals surface area contributed by atoms with Gasteiger partial charge in [-0.05, 0) is 60.4 Å². The highest BCUT2D eigenvalue weighted by molar-refractivity contribution is 5.96. The molecule has 4 heteroatoms. The number of fused-ring (bicyclic) bond motifs is 3. The van der Waals surface area contributed by atoms with E-state index in [-0.39, 0.29) is 5.63 Å². The number of nitrogens with zero attached hydrogens (tertiary/aromatic N) is 1. The number of benzene rings is 3. The first kappa shape index (κ1) is 17.6. The van der Waals surface area contributed by atoms with Gasteiger partial charge in [0.05, 0.1) is 12.1 Å². The van der Waals surface area contributed by atoms with Crippen molar-refractivity contribution >= 4 is 16.7 Å². The number of hydrogen-bond donors (Lipinski definition) is 0. The Morgan fingerprint density at radius 2 is 1.72 bits per heavy atom. The van der Waals surface area contributed by atoms with Crippen molar-refractivity contribution in [3.63, 3.8) is 0 Å². The van der Waals surface area contributed by atoms with Crippen LogP contribution in [0.15, 0.2) is 75.9 Å². The fraction of sp³-hybridized carbons (Fsp3) is 0.160. The van der Waals surface area contributed by atoms with E-state index in [1.165, 1.54) is 11.1 Å². The molecule has 29 heavy (non-hydrogen) atoms. The highest BCUT2D eigenvalue weighted by atomic mass is 16.5. The molecule has 5 rings (SSSR count). The second kappa shape index (κ2) is 6.82. The molecule has 0 saturated heterocycles. The molecule has 2 heterocycles. The maximum atomic E-state index is 12.4. The zero-order valence-corrected chi connectivity index (χ0v) is 16.4. The molecule has 1 aliphatic rings. The summed E-state index contributed by atoms with van der Waals surface area (Å²) in [6, 6.07) is 21.8. The molecule has 144 valence electrons. The minimum atomic E-state index is -0.354. The van der Waals surface area contributed by atoms with E-state index in [1.807, 2.05) is 42.5 Å². The van der Waals surface area contributed by atoms with Gasteiger partial charge in [0.2, 0.25) is 0 Å². The Hall–Kier alpha value is -3.53. The number of rotatable bonds is 2. The van der Waals surface area contributed by atoms with E-state index in [1.54, 1.807) is 6.07 Å². The molecule has 0 bridgehead atoms. The van der Waals surface area contributed by atoms with Crippen LogP contribution in [-0.2, 0) is 6.54 Å². The van der Waals surface area contributed by atoms with Gasteiger partial charge in [0.15, 0.2) is 6.73 Å². The molecule has 0 fully saturated rings. The van der Waals surface area contributed by atoms with Crippen LogP contribution in [0.2, 0.25) is 0 Å². The lowest BCUT2D eigenvalue weighted by Gasteiger charge is -2.31. The fourth-order valence-electron chi connectivity index (χ4n) is 3.88. The third-order valence-electron chi connectivity index (χ3n) is 5.64. The van der Waals surface area contributed by atoms with E-state index >= 15 is 0 Å². The number of aryl methyl sites for hydroxylation is 2. The van der Waals surface area contributed by atoms with Crippen molar-refractivity contribution in [2.75, 3.05) is 11.6 Å². The van der Waals surface area contributed by atoms with Gasteiger partial charge >= 0.3 is 5.63 Å². The quantitative estimate of drug-likeness (QED) is 0.433. The molecule has 1 aliphatic heterocycles. The summed E-state index contributed by atoms with van der Waals surface area (Å²) in [4.78, 5) is 14.5. The molecule has 3 aromatic carbocycles. The molecule has 0 aliphatic carbocycles. The van der Waals surface area contributed by atoms with Crippen LogP contribution in [0.4, 0.5) is 5.69 Å². The molecule has 0 saturated carbocycles. The van der Waals surface area contributed by atoms with Crippen molar-refractivity contribution in [2.45, 2.75) is 20.4 Å². The first-order chi connectivity index (χ1) is 14.1. The van der Waals surface area contributed by atoms with Gasteiger partial charge in [0.1, 0.15) is 11.3 Å². The van der Waals surface area contributed by atoms with Gasteiger partial charge in [0, 0.05) is 17.1 Å². The first-order valence-electron chi connectivity index (χ1n) is 9.70. The molecule has 0 atom stereocenters. The standard InChI is InChI=1S/C25H21NO3/c1-16-8-9-19(12-17(16)2)26-14-22-23(28-15-26)11-10-20-21(13-24(27)29-25(20)22)18-6-4-3-5-7-18/h3-13H,14-15H2,1-2H3. The molecule has 4 aromatic rings. The van der Waals surface area contributed by atoms with Gasteiger partial charge < -0.3 is 14.1 Å². The predicted molar refractivity (Wildman–Crippen MR) is 116 cm³/mol. The fourth-order valence-corrected chi connectivity index (χ4v) is 3.88. The van der Waals surface area contributed by atoms with Crippen molar-refractivity contribution in [1.82, 2.24) is 0 Å². The predicted octanol–water partition coefficient (Wildman–Crippen LogP) is 5.43. The molecule has 4 nitrogen and oxygen atoms in total. The Balaban J connectivity index is 1.65. The van der Waals surface area contributed by atoms with Crippen LogP contribution in [0.1, 0.15) is 16.7 Å². The maximum absolute atomic E-state index is 12.4. The van der Waals surface area contributed by atoms with Crippen molar-refractivity contribution in [3.05, 3.63) is 93.8 Å². The maximum Gasteiger partial charge on any atom is 0.336 e. The van der Waals surface area contributed by atoms with Crippen molar-refractivity contribution in [1.29, 1.82) is 0 Å². The van der Waals surface area contributed by atoms with Gasteiger partial charge in [0.25, 0.3) is 0 Å². The summed E-state index contributed by atoms with van der Waals surface area (Å²) in [7, 11) is 0. The molecule has 0 amide bonds. The summed E-state index contributed by atoms with van der Waals surface area (Å²) >= 11 is 0. The lowest BCUT2D eigenvalue weighted by Crippen LogP contribution is -2.32. The zero-order valence-electron chi connectivity index (χ0n) is 16.4. The minimum Gasteiger partial charge on any atom is -0.473 e. The highest BCUT2D eigenvalue weighted by Crippen LogP contribution is 2.37. The van der Waals surface area contributed by atoms with Crippen molar-refractivity contribution in [2.24, 2.45) is 0 Å². The summed E-state index contributed by atoms with van der Waals surface area (Å²) in [6.45, 7) is 5.30. The van der Waals surface area contributed by atoms with Crippen molar-refractivity contribution in [3.8, 4) is 16.9 Å². The second-order valence-corrected chi connectivity index (χ2v) is 7.50. The van der Waals surface area contributed by atoms with E-state index in [0.29, 0.717) is 18.9 Å². The smallest absolute Gasteiger partial charge is 0.336 e. The van der Waals surface area contributed by atoms with E-state index in [2.05, 4.69) is 36.9 Å². The van der Waals surface area contributed by atoms with Crippen molar-refractivity contribution < 1.29 is 9.15 Å². The summed E-state index contributed by atoms with van der Waals surface area (Å²) < 4.78 is 11.7. The first-order valence-corrected chi connectivity index (χ1v) is 9.70. The van der Waals surface area contributed by atoms with E-state index in [0.717, 1.165) is 33.5 Å². The Kier molecular flexibility index (Phi) is 4.13. The molecular weight excluding hydrogens is 362 g/mol. The highest BCUT2D eigenvalue weighted by Gasteiger charge is 2.23. The Labute approximate surface area is 169 Å². The third-order valence-corrected chi connectivity index (χ3v) is 5.64. The van der Waals surface area contributed by atoms with Gasteiger partial charge in [-0.3, -0.25) is 0 Å². The van der Waals surface area contributed by atoms with E-state index in [9.17, 15) is 4.79 Å². The van der Waals surface area contributed by atoms with Crippen LogP contribution in [-0.4, -0.2) is 6.73 Å². The van der Waals surface area contributed by atoms with Gasteiger partial charge in [-0.2, -0.15) is 0 Å². The van der Waals surface area contributed by atoms with Crippen LogP contribution in [0.25, 0.3) is 22.1 Å². The molecule has 1 aromatic heterocycles. The Bertz CT molecular complexity index is 1270. The zero-order chi connectivity index (χ0) is 20.0. The number of ether oxygens (including phenoxy) is 1. The third kappa shape index (κ3) is 3.07.